The summed E-state index contributed by atoms with van der Waals surface area (Å²) in [6.07, 6.45) is 9.74. The second-order valence-corrected chi connectivity index (χ2v) is 9.12. The normalized spacial score (nSPS) is 13.3. The van der Waals surface area contributed by atoms with Crippen LogP contribution < -0.4 is 15.6 Å². The van der Waals surface area contributed by atoms with E-state index < -0.39 is 17.5 Å². The number of aromatic hydroxyl groups is 1. The number of benzene rings is 2. The van der Waals surface area contributed by atoms with Crippen molar-refractivity contribution in [2.45, 2.75) is 12.8 Å². The van der Waals surface area contributed by atoms with Crippen molar-refractivity contribution < 1.29 is 14.3 Å². The van der Waals surface area contributed by atoms with Gasteiger partial charge in [0.1, 0.15) is 0 Å². The van der Waals surface area contributed by atoms with Crippen molar-refractivity contribution in [2.24, 2.45) is 5.10 Å². The SMILES string of the molecule is O=C(Nc1ncc(-c2cccc(N3CCCC3)c2)s1)c1cc(F)c(O)c(/C=N/Nc2cnccn2)c1. The zero-order valence-corrected chi connectivity index (χ0v) is 19.9. The molecule has 5 rings (SSSR count). The number of nitrogens with zero attached hydrogens (tertiary/aromatic N) is 5. The Hall–Kier alpha value is -4.38. The highest BCUT2D eigenvalue weighted by Gasteiger charge is 2.17. The molecule has 9 nitrogen and oxygen atoms in total. The summed E-state index contributed by atoms with van der Waals surface area (Å²) in [6, 6.07) is 10.6. The Morgan fingerprint density at radius 1 is 1.14 bits per heavy atom. The maximum absolute atomic E-state index is 14.3. The number of rotatable bonds is 7. The van der Waals surface area contributed by atoms with Crippen LogP contribution in [0.3, 0.4) is 0 Å². The summed E-state index contributed by atoms with van der Waals surface area (Å²) in [5, 5.41) is 17.1. The zero-order valence-electron chi connectivity index (χ0n) is 19.1. The van der Waals surface area contributed by atoms with Gasteiger partial charge in [-0.25, -0.2) is 14.4 Å². The molecular formula is C25H22FN7O2S. The molecule has 1 aliphatic heterocycles. The summed E-state index contributed by atoms with van der Waals surface area (Å²) in [5.74, 6) is -1.75. The molecule has 0 spiro atoms. The number of thiazole rings is 1. The van der Waals surface area contributed by atoms with Crippen LogP contribution in [0.1, 0.15) is 28.8 Å². The van der Waals surface area contributed by atoms with Crippen molar-refractivity contribution in [3.8, 4) is 16.2 Å². The zero-order chi connectivity index (χ0) is 24.9. The number of phenolic OH excluding ortho intramolecular Hbond substituents is 1. The first kappa shape index (κ1) is 23.4. The third kappa shape index (κ3) is 5.31. The van der Waals surface area contributed by atoms with Gasteiger partial charge in [0.05, 0.1) is 17.3 Å². The Labute approximate surface area is 210 Å². The second-order valence-electron chi connectivity index (χ2n) is 8.08. The molecule has 2 aromatic carbocycles. The number of halogens is 1. The number of amides is 1. The number of anilines is 3. The number of carbonyl (C=O) groups excluding carboxylic acids is 1. The van der Waals surface area contributed by atoms with Gasteiger partial charge in [0, 0.05) is 48.5 Å². The molecule has 182 valence electrons. The van der Waals surface area contributed by atoms with Gasteiger partial charge in [-0.1, -0.05) is 23.5 Å². The lowest BCUT2D eigenvalue weighted by molar-refractivity contribution is 0.102. The Balaban J connectivity index is 1.30. The fourth-order valence-electron chi connectivity index (χ4n) is 3.84. The summed E-state index contributed by atoms with van der Waals surface area (Å²) >= 11 is 1.33. The molecule has 0 aliphatic carbocycles. The molecule has 4 aromatic rings. The van der Waals surface area contributed by atoms with Gasteiger partial charge in [0.2, 0.25) is 0 Å². The molecule has 3 heterocycles. The number of aromatic nitrogens is 3. The van der Waals surface area contributed by atoms with Gasteiger partial charge in [0.15, 0.2) is 22.5 Å². The molecule has 36 heavy (non-hydrogen) atoms. The molecule has 0 atom stereocenters. The maximum Gasteiger partial charge on any atom is 0.257 e. The molecule has 0 bridgehead atoms. The van der Waals surface area contributed by atoms with Crippen LogP contribution in [0, 0.1) is 5.82 Å². The molecule has 1 saturated heterocycles. The monoisotopic (exact) mass is 503 g/mol. The minimum absolute atomic E-state index is 0.0130. The minimum atomic E-state index is -0.942. The second kappa shape index (κ2) is 10.5. The van der Waals surface area contributed by atoms with E-state index in [1.54, 1.807) is 6.20 Å². The lowest BCUT2D eigenvalue weighted by atomic mass is 10.1. The van der Waals surface area contributed by atoms with Crippen molar-refractivity contribution in [1.29, 1.82) is 0 Å². The Morgan fingerprint density at radius 2 is 2.00 bits per heavy atom. The van der Waals surface area contributed by atoms with Crippen LogP contribution in [-0.2, 0) is 0 Å². The standard InChI is InChI=1S/C25H22FN7O2S/c26-20-12-17(10-18(23(20)34)13-30-32-22-15-27-6-7-28-22)24(35)31-25-29-14-21(36-25)16-4-3-5-19(11-16)33-8-1-2-9-33/h3-7,10-15,34H,1-2,8-9H2,(H,28,32)(H,29,31,35)/b30-13+. The number of phenols is 1. The smallest absolute Gasteiger partial charge is 0.257 e. The van der Waals surface area contributed by atoms with Crippen LogP contribution in [0.4, 0.5) is 21.0 Å². The Kier molecular flexibility index (Phi) is 6.80. The largest absolute Gasteiger partial charge is 0.504 e. The third-order valence-electron chi connectivity index (χ3n) is 5.63. The molecule has 3 N–H and O–H groups in total. The van der Waals surface area contributed by atoms with Crippen molar-refractivity contribution in [1.82, 2.24) is 15.0 Å². The van der Waals surface area contributed by atoms with Crippen molar-refractivity contribution in [3.05, 3.63) is 78.1 Å². The molecule has 0 radical (unpaired) electrons. The van der Waals surface area contributed by atoms with E-state index in [0.717, 1.165) is 29.6 Å². The Bertz CT molecular complexity index is 1400. The molecule has 11 heteroatoms. The number of nitrogens with one attached hydrogen (secondary N) is 2. The van der Waals surface area contributed by atoms with E-state index >= 15 is 0 Å². The van der Waals surface area contributed by atoms with E-state index in [0.29, 0.717) is 10.9 Å². The first-order valence-corrected chi connectivity index (χ1v) is 12.1. The predicted octanol–water partition coefficient (Wildman–Crippen LogP) is 4.74. The van der Waals surface area contributed by atoms with Crippen LogP contribution >= 0.6 is 11.3 Å². The van der Waals surface area contributed by atoms with E-state index in [-0.39, 0.29) is 11.1 Å². The van der Waals surface area contributed by atoms with Gasteiger partial charge in [-0.15, -0.1) is 0 Å². The third-order valence-corrected chi connectivity index (χ3v) is 6.59. The van der Waals surface area contributed by atoms with Gasteiger partial charge in [-0.05, 0) is 42.7 Å². The van der Waals surface area contributed by atoms with Crippen LogP contribution in [0.2, 0.25) is 0 Å². The molecule has 0 saturated carbocycles. The molecular weight excluding hydrogens is 481 g/mol. The summed E-state index contributed by atoms with van der Waals surface area (Å²) < 4.78 is 14.3. The summed E-state index contributed by atoms with van der Waals surface area (Å²) in [4.78, 5) is 28.3. The lowest BCUT2D eigenvalue weighted by Gasteiger charge is -2.18. The Morgan fingerprint density at radius 3 is 2.81 bits per heavy atom. The molecule has 1 amide bonds. The number of hydrazone groups is 1. The highest BCUT2D eigenvalue weighted by molar-refractivity contribution is 7.19. The van der Waals surface area contributed by atoms with Crippen molar-refractivity contribution >= 4 is 40.1 Å². The maximum atomic E-state index is 14.3. The molecule has 1 fully saturated rings. The van der Waals surface area contributed by atoms with Gasteiger partial charge in [-0.2, -0.15) is 5.10 Å². The van der Waals surface area contributed by atoms with E-state index in [1.165, 1.54) is 60.7 Å². The topological polar surface area (TPSA) is 116 Å². The van der Waals surface area contributed by atoms with Crippen LogP contribution in [-0.4, -0.2) is 45.3 Å². The first-order valence-electron chi connectivity index (χ1n) is 11.3. The van der Waals surface area contributed by atoms with E-state index in [9.17, 15) is 14.3 Å². The molecule has 0 unspecified atom stereocenters. The van der Waals surface area contributed by atoms with E-state index in [2.05, 4.69) is 47.8 Å². The fraction of sp³-hybridized carbons (Fsp3) is 0.160. The summed E-state index contributed by atoms with van der Waals surface area (Å²) in [7, 11) is 0. The van der Waals surface area contributed by atoms with Gasteiger partial charge < -0.3 is 10.0 Å². The van der Waals surface area contributed by atoms with E-state index in [1.807, 2.05) is 12.1 Å². The molecule has 2 aromatic heterocycles. The van der Waals surface area contributed by atoms with Crippen LogP contribution in [0.15, 0.2) is 66.3 Å². The quantitative estimate of drug-likeness (QED) is 0.246. The number of carbonyl (C=O) groups is 1. The van der Waals surface area contributed by atoms with Crippen LogP contribution in [0.25, 0.3) is 10.4 Å². The predicted molar refractivity (Wildman–Crippen MR) is 138 cm³/mol. The first-order chi connectivity index (χ1) is 17.6. The highest BCUT2D eigenvalue weighted by atomic mass is 32.1. The van der Waals surface area contributed by atoms with E-state index in [4.69, 9.17) is 0 Å². The van der Waals surface area contributed by atoms with Crippen molar-refractivity contribution in [3.63, 3.8) is 0 Å². The number of hydrogen-bond donors (Lipinski definition) is 3. The van der Waals surface area contributed by atoms with Gasteiger partial charge >= 0.3 is 0 Å². The lowest BCUT2D eigenvalue weighted by Crippen LogP contribution is -2.17. The average molecular weight is 504 g/mol. The van der Waals surface area contributed by atoms with Gasteiger partial charge in [-0.3, -0.25) is 20.5 Å². The molecule has 1 aliphatic rings. The van der Waals surface area contributed by atoms with Crippen LogP contribution in [0.5, 0.6) is 5.75 Å². The highest BCUT2D eigenvalue weighted by Crippen LogP contribution is 2.32. The van der Waals surface area contributed by atoms with Gasteiger partial charge in [0.25, 0.3) is 5.91 Å². The summed E-state index contributed by atoms with van der Waals surface area (Å²) in [5.41, 5.74) is 4.84. The fourth-order valence-corrected chi connectivity index (χ4v) is 4.65. The summed E-state index contributed by atoms with van der Waals surface area (Å²) in [6.45, 7) is 2.11. The average Bonchev–Trinajstić information content (AvgIpc) is 3.60. The van der Waals surface area contributed by atoms with Crippen molar-refractivity contribution in [2.75, 3.05) is 28.7 Å². The minimum Gasteiger partial charge on any atom is -0.504 e. The number of hydrogen-bond acceptors (Lipinski definition) is 9.